The first kappa shape index (κ1) is 21.2. The number of piperidine rings is 1. The van der Waals surface area contributed by atoms with Gasteiger partial charge in [0.2, 0.25) is 0 Å². The van der Waals surface area contributed by atoms with Crippen LogP contribution in [0, 0.1) is 5.92 Å². The summed E-state index contributed by atoms with van der Waals surface area (Å²) >= 11 is 0. The first-order valence-corrected chi connectivity index (χ1v) is 11.3. The zero-order valence-corrected chi connectivity index (χ0v) is 18.7. The van der Waals surface area contributed by atoms with E-state index in [1.54, 1.807) is 6.92 Å². The Morgan fingerprint density at radius 1 is 1.03 bits per heavy atom. The number of fused-ring (bicyclic) bond motifs is 1. The van der Waals surface area contributed by atoms with Crippen LogP contribution in [-0.4, -0.2) is 25.1 Å². The maximum Gasteiger partial charge on any atom is 0.261 e. The lowest BCUT2D eigenvalue weighted by Gasteiger charge is -2.33. The molecule has 0 radical (unpaired) electrons. The third-order valence-corrected chi connectivity index (χ3v) is 6.20. The Labute approximate surface area is 185 Å². The summed E-state index contributed by atoms with van der Waals surface area (Å²) in [6.07, 6.45) is 1.99. The van der Waals surface area contributed by atoms with E-state index in [0.29, 0.717) is 0 Å². The van der Waals surface area contributed by atoms with Crippen LogP contribution >= 0.6 is 0 Å². The van der Waals surface area contributed by atoms with Crippen molar-refractivity contribution in [3.8, 4) is 5.75 Å². The summed E-state index contributed by atoms with van der Waals surface area (Å²) in [5.74, 6) is 1.36. The van der Waals surface area contributed by atoms with Crippen LogP contribution in [0.15, 0.2) is 66.7 Å². The van der Waals surface area contributed by atoms with Crippen LogP contribution in [-0.2, 0) is 4.79 Å². The van der Waals surface area contributed by atoms with Crippen molar-refractivity contribution < 1.29 is 9.53 Å². The Balaban J connectivity index is 1.37. The summed E-state index contributed by atoms with van der Waals surface area (Å²) in [5.41, 5.74) is 2.36. The molecule has 0 spiro atoms. The molecular formula is C27H32N2O2. The van der Waals surface area contributed by atoms with Gasteiger partial charge in [-0.2, -0.15) is 0 Å². The third-order valence-electron chi connectivity index (χ3n) is 6.20. The zero-order chi connectivity index (χ0) is 21.8. The molecule has 3 aromatic rings. The van der Waals surface area contributed by atoms with E-state index in [9.17, 15) is 4.79 Å². The second kappa shape index (κ2) is 9.42. The van der Waals surface area contributed by atoms with E-state index in [1.807, 2.05) is 49.4 Å². The van der Waals surface area contributed by atoms with Gasteiger partial charge in [0.25, 0.3) is 5.91 Å². The van der Waals surface area contributed by atoms with Crippen LogP contribution in [0.1, 0.15) is 45.2 Å². The van der Waals surface area contributed by atoms with Crippen molar-refractivity contribution in [3.05, 3.63) is 72.3 Å². The summed E-state index contributed by atoms with van der Waals surface area (Å²) in [6, 6.07) is 22.5. The quantitative estimate of drug-likeness (QED) is 0.559. The first-order chi connectivity index (χ1) is 15.0. The van der Waals surface area contributed by atoms with Crippen molar-refractivity contribution in [2.45, 2.75) is 45.8 Å². The monoisotopic (exact) mass is 416 g/mol. The molecule has 0 aliphatic carbocycles. The molecule has 4 nitrogen and oxygen atoms in total. The lowest BCUT2D eigenvalue weighted by atomic mass is 9.99. The van der Waals surface area contributed by atoms with E-state index >= 15 is 0 Å². The van der Waals surface area contributed by atoms with Crippen LogP contribution in [0.2, 0.25) is 0 Å². The molecule has 3 atom stereocenters. The largest absolute Gasteiger partial charge is 0.480 e. The van der Waals surface area contributed by atoms with Gasteiger partial charge >= 0.3 is 0 Å². The molecule has 1 aliphatic heterocycles. The second-order valence-corrected chi connectivity index (χ2v) is 8.75. The Hall–Kier alpha value is -3.01. The molecular weight excluding hydrogens is 384 g/mol. The van der Waals surface area contributed by atoms with Gasteiger partial charge in [-0.05, 0) is 61.8 Å². The number of carbonyl (C=O) groups excluding carboxylic acids is 1. The van der Waals surface area contributed by atoms with Crippen LogP contribution in [0.4, 0.5) is 5.69 Å². The third kappa shape index (κ3) is 5.01. The molecule has 0 bridgehead atoms. The van der Waals surface area contributed by atoms with Crippen molar-refractivity contribution in [2.24, 2.45) is 5.92 Å². The first-order valence-electron chi connectivity index (χ1n) is 11.3. The highest BCUT2D eigenvalue weighted by Crippen LogP contribution is 2.27. The van der Waals surface area contributed by atoms with E-state index < -0.39 is 6.10 Å². The lowest BCUT2D eigenvalue weighted by Crippen LogP contribution is -2.37. The van der Waals surface area contributed by atoms with Gasteiger partial charge in [-0.3, -0.25) is 4.79 Å². The predicted octanol–water partition coefficient (Wildman–Crippen LogP) is 5.72. The van der Waals surface area contributed by atoms with Crippen molar-refractivity contribution in [2.75, 3.05) is 18.0 Å². The minimum atomic E-state index is -0.581. The van der Waals surface area contributed by atoms with Crippen LogP contribution < -0.4 is 15.0 Å². The van der Waals surface area contributed by atoms with Crippen LogP contribution in [0.5, 0.6) is 5.75 Å². The molecule has 1 amide bonds. The summed E-state index contributed by atoms with van der Waals surface area (Å²) in [6.45, 7) is 8.37. The molecule has 1 saturated heterocycles. The average Bonchev–Trinajstić information content (AvgIpc) is 2.79. The number of anilines is 1. The summed E-state index contributed by atoms with van der Waals surface area (Å²) < 4.78 is 6.02. The highest BCUT2D eigenvalue weighted by atomic mass is 16.5. The summed E-state index contributed by atoms with van der Waals surface area (Å²) in [5, 5.41) is 5.21. The highest BCUT2D eigenvalue weighted by Gasteiger charge is 2.20. The van der Waals surface area contributed by atoms with E-state index in [4.69, 9.17) is 4.74 Å². The van der Waals surface area contributed by atoms with Crippen LogP contribution in [0.25, 0.3) is 10.8 Å². The Kier molecular flexibility index (Phi) is 6.45. The highest BCUT2D eigenvalue weighted by molar-refractivity contribution is 5.89. The molecule has 0 aromatic heterocycles. The topological polar surface area (TPSA) is 41.6 Å². The maximum absolute atomic E-state index is 12.8. The van der Waals surface area contributed by atoms with Gasteiger partial charge in [-0.15, -0.1) is 0 Å². The molecule has 4 heteroatoms. The molecule has 162 valence electrons. The predicted molar refractivity (Wildman–Crippen MR) is 128 cm³/mol. The second-order valence-electron chi connectivity index (χ2n) is 8.75. The molecule has 4 rings (SSSR count). The Morgan fingerprint density at radius 3 is 2.55 bits per heavy atom. The number of carbonyl (C=O) groups is 1. The molecule has 31 heavy (non-hydrogen) atoms. The average molecular weight is 417 g/mol. The fraction of sp³-hybridized carbons (Fsp3) is 0.370. The molecule has 3 aromatic carbocycles. The number of amides is 1. The van der Waals surface area contributed by atoms with Gasteiger partial charge in [-0.1, -0.05) is 55.5 Å². The molecule has 1 fully saturated rings. The van der Waals surface area contributed by atoms with Gasteiger partial charge in [-0.25, -0.2) is 0 Å². The van der Waals surface area contributed by atoms with Gasteiger partial charge in [0.1, 0.15) is 5.75 Å². The van der Waals surface area contributed by atoms with Crippen molar-refractivity contribution in [1.29, 1.82) is 0 Å². The fourth-order valence-corrected chi connectivity index (χ4v) is 4.35. The zero-order valence-electron chi connectivity index (χ0n) is 18.7. The lowest BCUT2D eigenvalue weighted by molar-refractivity contribution is -0.127. The van der Waals surface area contributed by atoms with Gasteiger partial charge in [0, 0.05) is 24.2 Å². The molecule has 0 unspecified atom stereocenters. The van der Waals surface area contributed by atoms with Crippen LogP contribution in [0.3, 0.4) is 0 Å². The SMILES string of the molecule is C[C@@H]1CCCN(c2ccc([C@@H](C)NC(=O)[C@@H](C)Oc3cccc4ccccc34)cc2)C1. The van der Waals surface area contributed by atoms with Gasteiger partial charge in [0.05, 0.1) is 6.04 Å². The van der Waals surface area contributed by atoms with Gasteiger partial charge < -0.3 is 15.0 Å². The summed E-state index contributed by atoms with van der Waals surface area (Å²) in [7, 11) is 0. The van der Waals surface area contributed by atoms with Gasteiger partial charge in [0.15, 0.2) is 6.10 Å². The van der Waals surface area contributed by atoms with E-state index in [-0.39, 0.29) is 11.9 Å². The van der Waals surface area contributed by atoms with E-state index in [1.165, 1.54) is 18.5 Å². The molecule has 1 aliphatic rings. The van der Waals surface area contributed by atoms with E-state index in [0.717, 1.165) is 41.1 Å². The Morgan fingerprint density at radius 2 is 1.77 bits per heavy atom. The van der Waals surface area contributed by atoms with Crippen molar-refractivity contribution in [1.82, 2.24) is 5.32 Å². The van der Waals surface area contributed by atoms with Crippen molar-refractivity contribution in [3.63, 3.8) is 0 Å². The minimum Gasteiger partial charge on any atom is -0.480 e. The van der Waals surface area contributed by atoms with E-state index in [2.05, 4.69) is 41.4 Å². The number of benzene rings is 3. The number of hydrogen-bond acceptors (Lipinski definition) is 3. The minimum absolute atomic E-state index is 0.0830. The normalized spacial score (nSPS) is 18.4. The van der Waals surface area contributed by atoms with Crippen molar-refractivity contribution >= 4 is 22.4 Å². The smallest absolute Gasteiger partial charge is 0.261 e. The maximum atomic E-state index is 12.8. The summed E-state index contributed by atoms with van der Waals surface area (Å²) in [4.78, 5) is 15.2. The Bertz CT molecular complexity index is 1030. The number of nitrogens with one attached hydrogen (secondary N) is 1. The standard InChI is InChI=1S/C27H32N2O2/c1-19-8-7-17-29(18-19)24-15-13-22(14-16-24)20(2)28-27(30)21(3)31-26-12-6-10-23-9-4-5-11-25(23)26/h4-6,9-16,19-21H,7-8,17-18H2,1-3H3,(H,28,30)/t19-,20-,21-/m1/s1. The molecule has 1 heterocycles. The molecule has 0 saturated carbocycles. The number of ether oxygens (including phenoxy) is 1. The number of hydrogen-bond donors (Lipinski definition) is 1. The number of rotatable bonds is 6. The molecule has 1 N–H and O–H groups in total. The number of nitrogens with zero attached hydrogens (tertiary/aromatic N) is 1. The fourth-order valence-electron chi connectivity index (χ4n) is 4.35.